The summed E-state index contributed by atoms with van der Waals surface area (Å²) in [5.74, 6) is 0. The van der Waals surface area contributed by atoms with Crippen molar-refractivity contribution in [3.8, 4) is 0 Å². The molecule has 1 rings (SSSR count). The van der Waals surface area contributed by atoms with Gasteiger partial charge in [0.05, 0.1) is 0 Å². The molecule has 0 saturated carbocycles. The Kier molecular flexibility index (Phi) is 6.44. The molecule has 0 atom stereocenters. The zero-order valence-electron chi connectivity index (χ0n) is 13.6. The van der Waals surface area contributed by atoms with Crippen LogP contribution in [0.2, 0.25) is 0 Å². The number of nitrogens with one attached hydrogen (secondary N) is 1. The highest BCUT2D eigenvalue weighted by atomic mass is 32.2. The van der Waals surface area contributed by atoms with E-state index in [2.05, 4.69) is 33.0 Å². The zero-order chi connectivity index (χ0) is 15.4. The summed E-state index contributed by atoms with van der Waals surface area (Å²) in [6, 6.07) is 0.444. The topological polar surface area (TPSA) is 52.7 Å². The van der Waals surface area contributed by atoms with E-state index in [-0.39, 0.29) is 5.41 Å². The Morgan fingerprint density at radius 2 is 2.00 bits per heavy atom. The fourth-order valence-electron chi connectivity index (χ4n) is 2.57. The fourth-order valence-corrected chi connectivity index (χ4v) is 4.20. The van der Waals surface area contributed by atoms with Crippen molar-refractivity contribution in [2.75, 3.05) is 33.2 Å². The van der Waals surface area contributed by atoms with E-state index in [0.717, 1.165) is 25.8 Å². The molecule has 1 aliphatic heterocycles. The molecule has 6 heteroatoms. The Morgan fingerprint density at radius 3 is 2.55 bits per heavy atom. The molecule has 1 heterocycles. The van der Waals surface area contributed by atoms with Crippen LogP contribution in [0.25, 0.3) is 0 Å². The van der Waals surface area contributed by atoms with E-state index in [4.69, 9.17) is 0 Å². The van der Waals surface area contributed by atoms with Crippen LogP contribution in [0.1, 0.15) is 47.0 Å². The third kappa shape index (κ3) is 5.31. The van der Waals surface area contributed by atoms with Crippen LogP contribution in [0.3, 0.4) is 0 Å². The van der Waals surface area contributed by atoms with E-state index in [9.17, 15) is 8.42 Å². The lowest BCUT2D eigenvalue weighted by Crippen LogP contribution is -2.49. The molecule has 0 bridgehead atoms. The second-order valence-electron chi connectivity index (χ2n) is 6.89. The van der Waals surface area contributed by atoms with Crippen molar-refractivity contribution in [1.29, 1.82) is 0 Å². The molecule has 0 radical (unpaired) electrons. The second kappa shape index (κ2) is 7.20. The Balaban J connectivity index is 2.50. The van der Waals surface area contributed by atoms with Gasteiger partial charge in [0.15, 0.2) is 0 Å². The van der Waals surface area contributed by atoms with E-state index in [1.165, 1.54) is 4.31 Å². The molecule has 0 spiro atoms. The molecule has 0 amide bonds. The molecular weight excluding hydrogens is 274 g/mol. The first kappa shape index (κ1) is 17.9. The lowest BCUT2D eigenvalue weighted by atomic mass is 9.85. The van der Waals surface area contributed by atoms with Gasteiger partial charge in [0.1, 0.15) is 0 Å². The van der Waals surface area contributed by atoms with Crippen molar-refractivity contribution >= 4 is 10.2 Å². The Bertz CT molecular complexity index is 393. The van der Waals surface area contributed by atoms with Crippen LogP contribution in [0, 0.1) is 5.41 Å². The van der Waals surface area contributed by atoms with E-state index < -0.39 is 10.2 Å². The number of hydrogen-bond donors (Lipinski definition) is 1. The average molecular weight is 305 g/mol. The molecule has 0 aromatic heterocycles. The SMILES string of the molecule is CC(C)NCCCN(C)S(=O)(=O)N1CCCC(C)(C)C1. The summed E-state index contributed by atoms with van der Waals surface area (Å²) >= 11 is 0. The van der Waals surface area contributed by atoms with E-state index >= 15 is 0 Å². The number of nitrogens with zero attached hydrogens (tertiary/aromatic N) is 2. The van der Waals surface area contributed by atoms with Crippen molar-refractivity contribution in [2.24, 2.45) is 5.41 Å². The molecule has 0 aliphatic carbocycles. The van der Waals surface area contributed by atoms with Gasteiger partial charge in [0.2, 0.25) is 0 Å². The predicted octanol–water partition coefficient (Wildman–Crippen LogP) is 1.67. The van der Waals surface area contributed by atoms with Crippen LogP contribution in [0.15, 0.2) is 0 Å². The Hall–Kier alpha value is -0.170. The lowest BCUT2D eigenvalue weighted by Gasteiger charge is -2.38. The quantitative estimate of drug-likeness (QED) is 0.728. The lowest BCUT2D eigenvalue weighted by molar-refractivity contribution is 0.179. The fraction of sp³-hybridized carbons (Fsp3) is 1.00. The van der Waals surface area contributed by atoms with Gasteiger partial charge in [0, 0.05) is 32.7 Å². The number of hydrogen-bond acceptors (Lipinski definition) is 3. The van der Waals surface area contributed by atoms with Crippen LogP contribution in [-0.4, -0.2) is 56.3 Å². The summed E-state index contributed by atoms with van der Waals surface area (Å²) in [7, 11) is -1.61. The third-order valence-electron chi connectivity index (χ3n) is 3.79. The summed E-state index contributed by atoms with van der Waals surface area (Å²) in [5.41, 5.74) is 0.0886. The van der Waals surface area contributed by atoms with Gasteiger partial charge in [-0.1, -0.05) is 27.7 Å². The molecule has 1 N–H and O–H groups in total. The second-order valence-corrected chi connectivity index (χ2v) is 8.93. The zero-order valence-corrected chi connectivity index (χ0v) is 14.5. The minimum absolute atomic E-state index is 0.0886. The molecule has 0 unspecified atom stereocenters. The van der Waals surface area contributed by atoms with Gasteiger partial charge in [-0.15, -0.1) is 0 Å². The Labute approximate surface area is 124 Å². The van der Waals surface area contributed by atoms with Crippen molar-refractivity contribution in [3.05, 3.63) is 0 Å². The molecular formula is C14H31N3O2S. The highest BCUT2D eigenvalue weighted by Gasteiger charge is 2.35. The van der Waals surface area contributed by atoms with Crippen LogP contribution < -0.4 is 5.32 Å². The summed E-state index contributed by atoms with van der Waals surface area (Å²) in [6.45, 7) is 11.2. The van der Waals surface area contributed by atoms with Crippen LogP contribution >= 0.6 is 0 Å². The third-order valence-corrected chi connectivity index (χ3v) is 5.72. The Morgan fingerprint density at radius 1 is 1.35 bits per heavy atom. The van der Waals surface area contributed by atoms with Gasteiger partial charge in [-0.3, -0.25) is 0 Å². The number of piperidine rings is 1. The van der Waals surface area contributed by atoms with Crippen molar-refractivity contribution in [3.63, 3.8) is 0 Å². The highest BCUT2D eigenvalue weighted by Crippen LogP contribution is 2.30. The van der Waals surface area contributed by atoms with Gasteiger partial charge < -0.3 is 5.32 Å². The van der Waals surface area contributed by atoms with Crippen LogP contribution in [0.4, 0.5) is 0 Å². The molecule has 120 valence electrons. The monoisotopic (exact) mass is 305 g/mol. The normalized spacial score (nSPS) is 20.8. The van der Waals surface area contributed by atoms with Gasteiger partial charge in [0.25, 0.3) is 10.2 Å². The minimum Gasteiger partial charge on any atom is -0.314 e. The molecule has 1 aliphatic rings. The maximum Gasteiger partial charge on any atom is 0.281 e. The predicted molar refractivity (Wildman–Crippen MR) is 83.9 cm³/mol. The van der Waals surface area contributed by atoms with E-state index in [1.807, 2.05) is 0 Å². The first-order valence-corrected chi connectivity index (χ1v) is 9.00. The minimum atomic E-state index is -3.29. The van der Waals surface area contributed by atoms with Gasteiger partial charge in [-0.2, -0.15) is 17.0 Å². The highest BCUT2D eigenvalue weighted by molar-refractivity contribution is 7.86. The van der Waals surface area contributed by atoms with Crippen molar-refractivity contribution in [1.82, 2.24) is 13.9 Å². The van der Waals surface area contributed by atoms with Gasteiger partial charge in [-0.05, 0) is 31.2 Å². The molecule has 0 aromatic carbocycles. The summed E-state index contributed by atoms with van der Waals surface area (Å²) < 4.78 is 28.2. The first-order chi connectivity index (χ1) is 9.15. The maximum absolute atomic E-state index is 12.5. The van der Waals surface area contributed by atoms with Gasteiger partial charge >= 0.3 is 0 Å². The van der Waals surface area contributed by atoms with Crippen LogP contribution in [-0.2, 0) is 10.2 Å². The van der Waals surface area contributed by atoms with Crippen molar-refractivity contribution < 1.29 is 8.42 Å². The smallest absolute Gasteiger partial charge is 0.281 e. The standard InChI is InChI=1S/C14H31N3O2S/c1-13(2)15-9-7-10-16(5)20(18,19)17-11-6-8-14(3,4)12-17/h13,15H,6-12H2,1-5H3. The first-order valence-electron chi connectivity index (χ1n) is 7.60. The average Bonchev–Trinajstić information content (AvgIpc) is 2.32. The van der Waals surface area contributed by atoms with Gasteiger partial charge in [-0.25, -0.2) is 0 Å². The summed E-state index contributed by atoms with van der Waals surface area (Å²) in [4.78, 5) is 0. The molecule has 0 aromatic rings. The summed E-state index contributed by atoms with van der Waals surface area (Å²) in [5, 5.41) is 3.31. The largest absolute Gasteiger partial charge is 0.314 e. The molecule has 20 heavy (non-hydrogen) atoms. The molecule has 5 nitrogen and oxygen atoms in total. The van der Waals surface area contributed by atoms with E-state index in [0.29, 0.717) is 25.7 Å². The van der Waals surface area contributed by atoms with E-state index in [1.54, 1.807) is 11.4 Å². The van der Waals surface area contributed by atoms with Crippen LogP contribution in [0.5, 0.6) is 0 Å². The summed E-state index contributed by atoms with van der Waals surface area (Å²) in [6.07, 6.45) is 2.89. The molecule has 1 saturated heterocycles. The maximum atomic E-state index is 12.5. The van der Waals surface area contributed by atoms with Crippen molar-refractivity contribution in [2.45, 2.75) is 53.0 Å². The number of rotatable bonds is 7. The molecule has 1 fully saturated rings.